The molecule has 0 aromatic rings. The second kappa shape index (κ2) is 29.4. The molecule has 0 aromatic heterocycles. The maximum atomic E-state index is 9.95. The number of amides is 1. The lowest BCUT2D eigenvalue weighted by Crippen LogP contribution is -2.28. The zero-order chi connectivity index (χ0) is 13.3. The summed E-state index contributed by atoms with van der Waals surface area (Å²) < 4.78 is 0. The average Bonchev–Trinajstić information content (AvgIpc) is 2.24. The van der Waals surface area contributed by atoms with E-state index in [1.165, 1.54) is 0 Å². The van der Waals surface area contributed by atoms with Crippen molar-refractivity contribution < 1.29 is 9.59 Å². The number of aldehydes is 1. The van der Waals surface area contributed by atoms with Crippen molar-refractivity contribution in [3.05, 3.63) is 40.2 Å². The molecule has 88 valence electrons. The Kier molecular flexibility index (Phi) is 45.8. The van der Waals surface area contributed by atoms with E-state index in [0.29, 0.717) is 6.29 Å². The van der Waals surface area contributed by atoms with Gasteiger partial charge in [-0.2, -0.15) is 0 Å². The number of primary amides is 1. The van der Waals surface area contributed by atoms with Crippen LogP contribution in [0, 0.1) is 13.8 Å². The molecule has 0 bridgehead atoms. The number of rotatable bonds is 3. The molecule has 1 atom stereocenters. The monoisotopic (exact) mass is 214 g/mol. The SMILES string of the molecule is C=C.C=C.NC(=O)C[C@@H](N)C=O.[CH2+]C[CH2-]. The van der Waals surface area contributed by atoms with E-state index >= 15 is 0 Å². The topological polar surface area (TPSA) is 86.2 Å². The van der Waals surface area contributed by atoms with Gasteiger partial charge in [0.1, 0.15) is 6.29 Å². The minimum absolute atomic E-state index is 0.0660. The van der Waals surface area contributed by atoms with E-state index < -0.39 is 11.9 Å². The Bertz CT molecular complexity index is 137. The molecule has 0 aromatic carbocycles. The van der Waals surface area contributed by atoms with Crippen LogP contribution in [0.1, 0.15) is 12.8 Å². The van der Waals surface area contributed by atoms with Crippen LogP contribution >= 0.6 is 0 Å². The summed E-state index contributed by atoms with van der Waals surface area (Å²) in [5.41, 5.74) is 9.70. The quantitative estimate of drug-likeness (QED) is 0.418. The average molecular weight is 214 g/mol. The van der Waals surface area contributed by atoms with Crippen molar-refractivity contribution in [2.24, 2.45) is 11.5 Å². The number of hydrogen-bond acceptors (Lipinski definition) is 3. The highest BCUT2D eigenvalue weighted by Gasteiger charge is 2.02. The third kappa shape index (κ3) is 68.7. The first-order chi connectivity index (χ1) is 7.08. The molecule has 0 radical (unpaired) electrons. The maximum absolute atomic E-state index is 9.95. The van der Waals surface area contributed by atoms with Gasteiger partial charge in [0.15, 0.2) is 0 Å². The van der Waals surface area contributed by atoms with Crippen LogP contribution in [0.15, 0.2) is 26.3 Å². The highest BCUT2D eigenvalue weighted by atomic mass is 16.1. The van der Waals surface area contributed by atoms with E-state index in [4.69, 9.17) is 11.5 Å². The molecule has 4 nitrogen and oxygen atoms in total. The first kappa shape index (κ1) is 23.3. The summed E-state index contributed by atoms with van der Waals surface area (Å²) in [6.07, 6.45) is 1.17. The lowest BCUT2D eigenvalue weighted by atomic mass is 10.2. The van der Waals surface area contributed by atoms with E-state index in [1.807, 2.05) is 0 Å². The molecule has 0 fully saturated rings. The molecule has 15 heavy (non-hydrogen) atoms. The van der Waals surface area contributed by atoms with Gasteiger partial charge in [-0.25, -0.2) is 0 Å². The number of hydrogen-bond donors (Lipinski definition) is 2. The second-order valence-electron chi connectivity index (χ2n) is 1.82. The fourth-order valence-corrected chi connectivity index (χ4v) is 0.280. The van der Waals surface area contributed by atoms with Gasteiger partial charge in [0.2, 0.25) is 5.91 Å². The third-order valence-electron chi connectivity index (χ3n) is 0.612. The summed E-state index contributed by atoms with van der Waals surface area (Å²) >= 11 is 0. The van der Waals surface area contributed by atoms with Crippen LogP contribution < -0.4 is 11.5 Å². The molecule has 0 saturated carbocycles. The molecule has 0 spiro atoms. The van der Waals surface area contributed by atoms with Crippen molar-refractivity contribution in [2.75, 3.05) is 0 Å². The molecule has 4 heteroatoms. The van der Waals surface area contributed by atoms with E-state index in [1.54, 1.807) is 0 Å². The zero-order valence-corrected chi connectivity index (χ0v) is 9.28. The third-order valence-corrected chi connectivity index (χ3v) is 0.612. The minimum atomic E-state index is -0.729. The molecule has 0 rings (SSSR count). The van der Waals surface area contributed by atoms with Gasteiger partial charge < -0.3 is 16.3 Å². The lowest BCUT2D eigenvalue weighted by molar-refractivity contribution is -0.120. The molecule has 0 aliphatic carbocycles. The summed E-state index contributed by atoms with van der Waals surface area (Å²) in [6, 6.07) is -0.729. The minimum Gasteiger partial charge on any atom is -0.370 e. The zero-order valence-electron chi connectivity index (χ0n) is 9.28. The van der Waals surface area contributed by atoms with E-state index in [0.717, 1.165) is 6.42 Å². The summed E-state index contributed by atoms with van der Waals surface area (Å²) in [5, 5.41) is 0. The summed E-state index contributed by atoms with van der Waals surface area (Å²) in [4.78, 5) is 19.7. The van der Waals surface area contributed by atoms with Crippen molar-refractivity contribution in [1.29, 1.82) is 0 Å². The van der Waals surface area contributed by atoms with Gasteiger partial charge in [0, 0.05) is 13.3 Å². The Hall–Kier alpha value is -1.55. The largest absolute Gasteiger partial charge is 0.370 e. The number of carbonyl (C=O) groups excluding carboxylic acids is 2. The molecule has 0 heterocycles. The first-order valence-corrected chi connectivity index (χ1v) is 4.16. The predicted octanol–water partition coefficient (Wildman–Crippen LogP) is 1.04. The highest BCUT2D eigenvalue weighted by Crippen LogP contribution is 1.78. The van der Waals surface area contributed by atoms with Crippen molar-refractivity contribution >= 4 is 12.2 Å². The normalized spacial score (nSPS) is 8.40. The van der Waals surface area contributed by atoms with Crippen LogP contribution in [-0.2, 0) is 9.59 Å². The van der Waals surface area contributed by atoms with Crippen LogP contribution in [0.2, 0.25) is 0 Å². The molecule has 0 saturated heterocycles. The van der Waals surface area contributed by atoms with E-state index in [-0.39, 0.29) is 6.42 Å². The summed E-state index contributed by atoms with van der Waals surface area (Å²) in [7, 11) is 0. The van der Waals surface area contributed by atoms with Crippen LogP contribution in [0.4, 0.5) is 0 Å². The Labute approximate surface area is 93.0 Å². The van der Waals surface area contributed by atoms with Gasteiger partial charge in [-0.05, 0) is 6.42 Å². The summed E-state index contributed by atoms with van der Waals surface area (Å²) in [5.74, 6) is -0.551. The van der Waals surface area contributed by atoms with E-state index in [2.05, 4.69) is 40.2 Å². The van der Waals surface area contributed by atoms with Crippen molar-refractivity contribution in [1.82, 2.24) is 0 Å². The molecule has 4 N–H and O–H groups in total. The molecule has 1 amide bonds. The smallest absolute Gasteiger partial charge is 0.219 e. The van der Waals surface area contributed by atoms with Crippen LogP contribution in [0.25, 0.3) is 0 Å². The number of carbonyl (C=O) groups is 2. The first-order valence-electron chi connectivity index (χ1n) is 4.16. The Morgan fingerprint density at radius 2 is 1.67 bits per heavy atom. The van der Waals surface area contributed by atoms with Crippen molar-refractivity contribution in [2.45, 2.75) is 18.9 Å². The van der Waals surface area contributed by atoms with Crippen LogP contribution in [-0.4, -0.2) is 18.2 Å². The van der Waals surface area contributed by atoms with Gasteiger partial charge in [-0.3, -0.25) is 11.7 Å². The standard InChI is InChI=1S/C4H8N2O2.C3H6.2C2H4/c5-3(2-7)1-4(6)8;1-3-2;2*1-2/h2-3H,1,5H2,(H2,6,8);1-3H2;2*1-2H2/t3-;;;/m1.../s1. The van der Waals surface area contributed by atoms with Gasteiger partial charge in [-0.15, -0.1) is 26.3 Å². The van der Waals surface area contributed by atoms with Gasteiger partial charge >= 0.3 is 0 Å². The van der Waals surface area contributed by atoms with Crippen molar-refractivity contribution in [3.63, 3.8) is 0 Å². The lowest BCUT2D eigenvalue weighted by Gasteiger charge is -1.95. The van der Waals surface area contributed by atoms with Crippen LogP contribution in [0.3, 0.4) is 0 Å². The Balaban J connectivity index is -0.0000000726. The fourth-order valence-electron chi connectivity index (χ4n) is 0.280. The fraction of sp³-hybridized carbons (Fsp3) is 0.273. The van der Waals surface area contributed by atoms with Crippen molar-refractivity contribution in [3.8, 4) is 0 Å². The van der Waals surface area contributed by atoms with Crippen LogP contribution in [0.5, 0.6) is 0 Å². The maximum Gasteiger partial charge on any atom is 0.219 e. The van der Waals surface area contributed by atoms with Gasteiger partial charge in [0.25, 0.3) is 0 Å². The molecular formula is C11H22N2O2. The number of nitrogens with two attached hydrogens (primary N) is 2. The molecule has 0 aliphatic rings. The predicted molar refractivity (Wildman–Crippen MR) is 65.7 cm³/mol. The van der Waals surface area contributed by atoms with Gasteiger partial charge in [0.05, 0.1) is 6.04 Å². The molecule has 0 unspecified atom stereocenters. The Morgan fingerprint density at radius 1 is 1.40 bits per heavy atom. The highest BCUT2D eigenvalue weighted by molar-refractivity contribution is 5.78. The van der Waals surface area contributed by atoms with Gasteiger partial charge in [-0.1, -0.05) is 0 Å². The summed E-state index contributed by atoms with van der Waals surface area (Å²) in [6.45, 7) is 18.8. The molecular weight excluding hydrogens is 192 g/mol. The molecule has 0 aliphatic heterocycles. The second-order valence-corrected chi connectivity index (χ2v) is 1.82. The Morgan fingerprint density at radius 3 is 1.73 bits per heavy atom. The van der Waals surface area contributed by atoms with E-state index in [9.17, 15) is 9.59 Å².